The maximum Gasteiger partial charge on any atom is 0.357 e. The SMILES string of the molecule is CNP1(N(C)C)=N[P+](N(C)C)(N(C)C)N(C)CN1C. The van der Waals surface area contributed by atoms with E-state index in [0.717, 1.165) is 6.67 Å². The van der Waals surface area contributed by atoms with Crippen molar-refractivity contribution in [2.75, 3.05) is 70.1 Å². The zero-order valence-corrected chi connectivity index (χ0v) is 15.6. The van der Waals surface area contributed by atoms with Crippen LogP contribution in [0.5, 0.6) is 0 Å². The monoisotopic (exact) mass is 310 g/mol. The molecule has 0 spiro atoms. The van der Waals surface area contributed by atoms with Gasteiger partial charge in [0.2, 0.25) is 7.51 Å². The Kier molecular flexibility index (Phi) is 5.55. The molecule has 1 rings (SSSR count). The molecule has 0 saturated carbocycles. The van der Waals surface area contributed by atoms with Crippen molar-refractivity contribution in [3.05, 3.63) is 0 Å². The summed E-state index contributed by atoms with van der Waals surface area (Å²) in [7, 11) is 15.4. The van der Waals surface area contributed by atoms with Crippen molar-refractivity contribution < 1.29 is 0 Å². The van der Waals surface area contributed by atoms with Crippen LogP contribution in [0.1, 0.15) is 0 Å². The van der Waals surface area contributed by atoms with Crippen molar-refractivity contribution >= 4 is 15.4 Å². The van der Waals surface area contributed by atoms with Crippen LogP contribution in [0.25, 0.3) is 0 Å². The van der Waals surface area contributed by atoms with Gasteiger partial charge in [-0.25, -0.2) is 9.34 Å². The molecule has 0 aliphatic carbocycles. The lowest BCUT2D eigenvalue weighted by Gasteiger charge is -2.48. The van der Waals surface area contributed by atoms with Crippen LogP contribution in [-0.2, 0) is 0 Å². The summed E-state index contributed by atoms with van der Waals surface area (Å²) < 4.78 is 16.8. The summed E-state index contributed by atoms with van der Waals surface area (Å²) in [5, 5.41) is 3.50. The van der Waals surface area contributed by atoms with Gasteiger partial charge >= 0.3 is 7.87 Å². The Morgan fingerprint density at radius 3 is 1.84 bits per heavy atom. The minimum absolute atomic E-state index is 0.903. The van der Waals surface area contributed by atoms with Crippen molar-refractivity contribution in [2.24, 2.45) is 4.52 Å². The highest BCUT2D eigenvalue weighted by Gasteiger charge is 2.57. The molecular weight excluding hydrogens is 280 g/mol. The Morgan fingerprint density at radius 2 is 1.53 bits per heavy atom. The minimum Gasteiger partial charge on any atom is -0.260 e. The average Bonchev–Trinajstić information content (AvgIpc) is 2.28. The standard InChI is InChI=1S/C10H30N7P2/c1-11-18(13(2)3)12-19(14(4)5,15(6)7)17(9)10-16(18)8/h11H,10H2,1-9H3/q+1. The van der Waals surface area contributed by atoms with Gasteiger partial charge in [-0.3, -0.25) is 5.09 Å². The van der Waals surface area contributed by atoms with Gasteiger partial charge in [-0.15, -0.1) is 14.0 Å². The molecule has 0 aromatic carbocycles. The first-order chi connectivity index (χ1) is 8.65. The van der Waals surface area contributed by atoms with Crippen LogP contribution in [0, 0.1) is 0 Å². The summed E-state index contributed by atoms with van der Waals surface area (Å²) >= 11 is 0. The summed E-state index contributed by atoms with van der Waals surface area (Å²) in [5.41, 5.74) is 0. The van der Waals surface area contributed by atoms with Crippen molar-refractivity contribution in [3.63, 3.8) is 0 Å². The van der Waals surface area contributed by atoms with E-state index >= 15 is 0 Å². The average molecular weight is 310 g/mol. The van der Waals surface area contributed by atoms with Gasteiger partial charge in [0, 0.05) is 35.2 Å². The lowest BCUT2D eigenvalue weighted by Crippen LogP contribution is -2.47. The molecule has 9 heteroatoms. The molecule has 0 aromatic rings. The highest BCUT2D eigenvalue weighted by molar-refractivity contribution is 7.76. The first-order valence-corrected chi connectivity index (χ1v) is 9.58. The summed E-state index contributed by atoms with van der Waals surface area (Å²) in [6, 6.07) is 0. The molecule has 0 fully saturated rings. The number of nitrogens with zero attached hydrogens (tertiary/aromatic N) is 6. The molecule has 1 heterocycles. The van der Waals surface area contributed by atoms with Gasteiger partial charge in [0.05, 0.1) is 6.67 Å². The quantitative estimate of drug-likeness (QED) is 0.791. The van der Waals surface area contributed by atoms with Crippen LogP contribution in [0.4, 0.5) is 0 Å². The van der Waals surface area contributed by atoms with Crippen molar-refractivity contribution in [3.8, 4) is 0 Å². The molecule has 0 radical (unpaired) electrons. The second kappa shape index (κ2) is 6.04. The maximum atomic E-state index is 5.36. The van der Waals surface area contributed by atoms with E-state index in [0.29, 0.717) is 0 Å². The number of hydrogen-bond acceptors (Lipinski definition) is 7. The Hall–Kier alpha value is 0.420. The molecule has 0 bridgehead atoms. The second-order valence-electron chi connectivity index (χ2n) is 5.42. The van der Waals surface area contributed by atoms with Gasteiger partial charge < -0.3 is 0 Å². The number of nitrogens with one attached hydrogen (secondary N) is 1. The van der Waals surface area contributed by atoms with Crippen LogP contribution < -0.4 is 5.09 Å². The number of rotatable bonds is 4. The fraction of sp³-hybridized carbons (Fsp3) is 1.00. The van der Waals surface area contributed by atoms with Crippen molar-refractivity contribution in [1.82, 2.24) is 28.4 Å². The molecule has 1 atom stereocenters. The van der Waals surface area contributed by atoms with E-state index in [4.69, 9.17) is 4.52 Å². The van der Waals surface area contributed by atoms with Gasteiger partial charge in [-0.1, -0.05) is 0 Å². The largest absolute Gasteiger partial charge is 0.357 e. The van der Waals surface area contributed by atoms with Crippen LogP contribution in [0.2, 0.25) is 0 Å². The van der Waals surface area contributed by atoms with E-state index in [2.05, 4.69) is 84.8 Å². The van der Waals surface area contributed by atoms with Gasteiger partial charge in [0.25, 0.3) is 0 Å². The van der Waals surface area contributed by atoms with Gasteiger partial charge in [0.15, 0.2) is 0 Å². The third-order valence-corrected chi connectivity index (χ3v) is 11.5. The van der Waals surface area contributed by atoms with E-state index in [-0.39, 0.29) is 0 Å². The first kappa shape index (κ1) is 17.5. The summed E-state index contributed by atoms with van der Waals surface area (Å²) in [4.78, 5) is 0. The van der Waals surface area contributed by atoms with Crippen LogP contribution in [0.15, 0.2) is 4.52 Å². The zero-order valence-electron chi connectivity index (χ0n) is 13.8. The number of hydrogen-bond donors (Lipinski definition) is 1. The molecule has 19 heavy (non-hydrogen) atoms. The highest BCUT2D eigenvalue weighted by atomic mass is 31.2. The summed E-state index contributed by atoms with van der Waals surface area (Å²) in [5.74, 6) is 0. The summed E-state index contributed by atoms with van der Waals surface area (Å²) in [6.45, 7) is 0.903. The molecule has 1 aliphatic rings. The Balaban J connectivity index is 3.54. The van der Waals surface area contributed by atoms with E-state index in [1.807, 2.05) is 7.05 Å². The Bertz CT molecular complexity index is 361. The Labute approximate surface area is 119 Å². The molecule has 0 saturated heterocycles. The van der Waals surface area contributed by atoms with Crippen molar-refractivity contribution in [1.29, 1.82) is 0 Å². The smallest absolute Gasteiger partial charge is 0.260 e. The highest BCUT2D eigenvalue weighted by Crippen LogP contribution is 2.75. The third kappa shape index (κ3) is 2.63. The van der Waals surface area contributed by atoms with Gasteiger partial charge in [0.1, 0.15) is 0 Å². The molecule has 0 amide bonds. The van der Waals surface area contributed by atoms with Crippen LogP contribution >= 0.6 is 15.4 Å². The fourth-order valence-electron chi connectivity index (χ4n) is 2.70. The lowest BCUT2D eigenvalue weighted by atomic mass is 11.0. The molecule has 1 N–H and O–H groups in total. The predicted molar refractivity (Wildman–Crippen MR) is 86.8 cm³/mol. The van der Waals surface area contributed by atoms with E-state index in [1.165, 1.54) is 0 Å². The molecule has 7 nitrogen and oxygen atoms in total. The van der Waals surface area contributed by atoms with E-state index in [1.54, 1.807) is 0 Å². The zero-order chi connectivity index (χ0) is 15.0. The van der Waals surface area contributed by atoms with Crippen LogP contribution in [-0.4, -0.2) is 93.4 Å². The topological polar surface area (TPSA) is 40.6 Å². The normalized spacial score (nSPS) is 29.3. The predicted octanol–water partition coefficient (Wildman–Crippen LogP) is 1.35. The molecule has 114 valence electrons. The summed E-state index contributed by atoms with van der Waals surface area (Å²) in [6.07, 6.45) is 0. The fourth-order valence-corrected chi connectivity index (χ4v) is 11.5. The molecule has 0 aromatic heterocycles. The van der Waals surface area contributed by atoms with Crippen LogP contribution in [0.3, 0.4) is 0 Å². The maximum absolute atomic E-state index is 5.36. The van der Waals surface area contributed by atoms with Crippen molar-refractivity contribution in [2.45, 2.75) is 0 Å². The Morgan fingerprint density at radius 1 is 1.05 bits per heavy atom. The minimum atomic E-state index is -1.83. The first-order valence-electron chi connectivity index (χ1n) is 6.33. The third-order valence-electron chi connectivity index (χ3n) is 3.52. The van der Waals surface area contributed by atoms with Gasteiger partial charge in [-0.05, 0) is 32.7 Å². The second-order valence-corrected chi connectivity index (χ2v) is 12.6. The molecule has 1 unspecified atom stereocenters. The molecule has 1 aliphatic heterocycles. The van der Waals surface area contributed by atoms with E-state index < -0.39 is 15.4 Å². The molecular formula is C10H30N7P2+. The lowest BCUT2D eigenvalue weighted by molar-refractivity contribution is 0.314. The van der Waals surface area contributed by atoms with Gasteiger partial charge in [-0.2, -0.15) is 0 Å². The van der Waals surface area contributed by atoms with E-state index in [9.17, 15) is 0 Å².